The summed E-state index contributed by atoms with van der Waals surface area (Å²) in [5.41, 5.74) is -0.770. The fourth-order valence-electron chi connectivity index (χ4n) is 3.15. The first-order valence-corrected chi connectivity index (χ1v) is 10.4. The molecule has 2 aromatic rings. The molecule has 0 aliphatic heterocycles. The number of halogens is 3. The van der Waals surface area contributed by atoms with E-state index in [0.717, 1.165) is 37.8 Å². The molecule has 1 amide bonds. The first kappa shape index (κ1) is 21.5. The van der Waals surface area contributed by atoms with Crippen LogP contribution in [-0.4, -0.2) is 32.5 Å². The van der Waals surface area contributed by atoms with Crippen molar-refractivity contribution in [3.63, 3.8) is 0 Å². The van der Waals surface area contributed by atoms with Crippen molar-refractivity contribution in [2.75, 3.05) is 5.75 Å². The topological polar surface area (TPSA) is 69.0 Å². The molecule has 1 saturated carbocycles. The molecule has 3 rings (SSSR count). The molecular weight excluding hydrogens is 405 g/mol. The second-order valence-electron chi connectivity index (χ2n) is 6.96. The van der Waals surface area contributed by atoms with E-state index in [1.165, 1.54) is 30.3 Å². The molecule has 0 unspecified atom stereocenters. The molecule has 1 aromatic heterocycles. The summed E-state index contributed by atoms with van der Waals surface area (Å²) in [6.45, 7) is -0.0281. The number of alkyl halides is 3. The monoisotopic (exact) mass is 428 g/mol. The predicted octanol–water partition coefficient (Wildman–Crippen LogP) is 3.95. The average molecular weight is 428 g/mol. The molecule has 1 aliphatic rings. The number of carbonyl (C=O) groups excluding carboxylic acids is 1. The summed E-state index contributed by atoms with van der Waals surface area (Å²) in [4.78, 5) is 12.1. The molecule has 0 atom stereocenters. The Morgan fingerprint density at radius 2 is 2.03 bits per heavy atom. The number of ether oxygens (including phenoxy) is 1. The zero-order valence-electron chi connectivity index (χ0n) is 16.0. The van der Waals surface area contributed by atoms with Crippen LogP contribution in [0.4, 0.5) is 13.2 Å². The highest BCUT2D eigenvalue weighted by Gasteiger charge is 2.30. The van der Waals surface area contributed by atoms with E-state index in [-0.39, 0.29) is 30.1 Å². The highest BCUT2D eigenvalue weighted by molar-refractivity contribution is 7.99. The van der Waals surface area contributed by atoms with Gasteiger partial charge in [-0.1, -0.05) is 37.1 Å². The third-order valence-corrected chi connectivity index (χ3v) is 5.78. The Morgan fingerprint density at radius 1 is 1.28 bits per heavy atom. The summed E-state index contributed by atoms with van der Waals surface area (Å²) in [5.74, 6) is 0.755. The number of hydrogen-bond donors (Lipinski definition) is 1. The van der Waals surface area contributed by atoms with Crippen LogP contribution in [0.3, 0.4) is 0 Å². The Kier molecular flexibility index (Phi) is 7.05. The van der Waals surface area contributed by atoms with Gasteiger partial charge in [-0.25, -0.2) is 0 Å². The highest BCUT2D eigenvalue weighted by atomic mass is 32.2. The number of benzene rings is 1. The SMILES string of the molecule is Cn1c(COc2cccc(C(F)(F)F)c2)nnc1SCC(=O)NC1CCCCC1. The summed E-state index contributed by atoms with van der Waals surface area (Å²) >= 11 is 1.27. The lowest BCUT2D eigenvalue weighted by Crippen LogP contribution is -2.37. The molecule has 0 radical (unpaired) electrons. The van der Waals surface area contributed by atoms with Gasteiger partial charge in [0.15, 0.2) is 11.0 Å². The van der Waals surface area contributed by atoms with Crippen LogP contribution in [0.2, 0.25) is 0 Å². The molecule has 29 heavy (non-hydrogen) atoms. The number of aromatic nitrogens is 3. The Morgan fingerprint density at radius 3 is 2.76 bits per heavy atom. The fraction of sp³-hybridized carbons (Fsp3) is 0.526. The van der Waals surface area contributed by atoms with Crippen molar-refractivity contribution in [2.24, 2.45) is 7.05 Å². The van der Waals surface area contributed by atoms with E-state index in [4.69, 9.17) is 4.74 Å². The second-order valence-corrected chi connectivity index (χ2v) is 7.91. The maximum absolute atomic E-state index is 12.8. The molecular formula is C19H23F3N4O2S. The number of rotatable bonds is 7. The van der Waals surface area contributed by atoms with Crippen LogP contribution in [0.1, 0.15) is 43.5 Å². The predicted molar refractivity (Wildman–Crippen MR) is 103 cm³/mol. The van der Waals surface area contributed by atoms with E-state index in [1.807, 2.05) is 0 Å². The summed E-state index contributed by atoms with van der Waals surface area (Å²) in [7, 11) is 1.73. The molecule has 1 fully saturated rings. The minimum atomic E-state index is -4.42. The van der Waals surface area contributed by atoms with Gasteiger partial charge in [-0.05, 0) is 31.0 Å². The zero-order valence-corrected chi connectivity index (χ0v) is 16.9. The van der Waals surface area contributed by atoms with Gasteiger partial charge in [-0.3, -0.25) is 4.79 Å². The summed E-state index contributed by atoms with van der Waals surface area (Å²) in [6, 6.07) is 4.94. The zero-order chi connectivity index (χ0) is 20.9. The summed E-state index contributed by atoms with van der Waals surface area (Å²) in [6.07, 6.45) is 1.15. The molecule has 0 bridgehead atoms. The van der Waals surface area contributed by atoms with E-state index >= 15 is 0 Å². The Bertz CT molecular complexity index is 835. The van der Waals surface area contributed by atoms with Crippen molar-refractivity contribution >= 4 is 17.7 Å². The van der Waals surface area contributed by atoms with Crippen molar-refractivity contribution in [3.8, 4) is 5.75 Å². The lowest BCUT2D eigenvalue weighted by atomic mass is 9.95. The molecule has 10 heteroatoms. The number of nitrogens with zero attached hydrogens (tertiary/aromatic N) is 3. The van der Waals surface area contributed by atoms with Gasteiger partial charge >= 0.3 is 6.18 Å². The van der Waals surface area contributed by atoms with Gasteiger partial charge in [0, 0.05) is 13.1 Å². The maximum Gasteiger partial charge on any atom is 0.416 e. The van der Waals surface area contributed by atoms with Gasteiger partial charge in [-0.15, -0.1) is 10.2 Å². The average Bonchev–Trinajstić information content (AvgIpc) is 3.05. The number of amides is 1. The third kappa shape index (κ3) is 6.12. The highest BCUT2D eigenvalue weighted by Crippen LogP contribution is 2.31. The van der Waals surface area contributed by atoms with Crippen LogP contribution < -0.4 is 10.1 Å². The molecule has 0 spiro atoms. The summed E-state index contributed by atoms with van der Waals surface area (Å²) < 4.78 is 45.4. The molecule has 1 heterocycles. The maximum atomic E-state index is 12.8. The molecule has 1 N–H and O–H groups in total. The Labute approximate surface area is 171 Å². The van der Waals surface area contributed by atoms with Crippen LogP contribution in [0.25, 0.3) is 0 Å². The van der Waals surface area contributed by atoms with Crippen molar-refractivity contribution in [3.05, 3.63) is 35.7 Å². The van der Waals surface area contributed by atoms with Crippen LogP contribution in [-0.2, 0) is 24.6 Å². The molecule has 6 nitrogen and oxygen atoms in total. The van der Waals surface area contributed by atoms with Gasteiger partial charge in [0.2, 0.25) is 5.91 Å². The van der Waals surface area contributed by atoms with Gasteiger partial charge in [0.25, 0.3) is 0 Å². The van der Waals surface area contributed by atoms with Crippen LogP contribution in [0, 0.1) is 0 Å². The summed E-state index contributed by atoms with van der Waals surface area (Å²) in [5, 5.41) is 11.6. The van der Waals surface area contributed by atoms with Crippen molar-refractivity contribution in [2.45, 2.75) is 56.1 Å². The number of nitrogens with one attached hydrogen (secondary N) is 1. The van der Waals surface area contributed by atoms with E-state index < -0.39 is 11.7 Å². The number of hydrogen-bond acceptors (Lipinski definition) is 5. The van der Waals surface area contributed by atoms with E-state index in [9.17, 15) is 18.0 Å². The van der Waals surface area contributed by atoms with E-state index in [0.29, 0.717) is 11.0 Å². The minimum Gasteiger partial charge on any atom is -0.486 e. The van der Waals surface area contributed by atoms with Crippen molar-refractivity contribution < 1.29 is 22.7 Å². The van der Waals surface area contributed by atoms with Crippen molar-refractivity contribution in [1.29, 1.82) is 0 Å². The lowest BCUT2D eigenvalue weighted by molar-refractivity contribution is -0.137. The Balaban J connectivity index is 1.51. The molecule has 1 aromatic carbocycles. The molecule has 0 saturated heterocycles. The second kappa shape index (κ2) is 9.51. The molecule has 158 valence electrons. The van der Waals surface area contributed by atoms with Crippen LogP contribution in [0.5, 0.6) is 5.75 Å². The standard InChI is InChI=1S/C19H23F3N4O2S/c1-26-16(11-28-15-9-5-6-13(10-15)19(20,21)22)24-25-18(26)29-12-17(27)23-14-7-3-2-4-8-14/h5-6,9-10,14H,2-4,7-8,11-12H2,1H3,(H,23,27). The molecule has 1 aliphatic carbocycles. The van der Waals surface area contributed by atoms with Gasteiger partial charge in [0.05, 0.1) is 11.3 Å². The quantitative estimate of drug-likeness (QED) is 0.677. The first-order valence-electron chi connectivity index (χ1n) is 9.43. The normalized spacial score (nSPS) is 15.3. The Hall–Kier alpha value is -2.23. The van der Waals surface area contributed by atoms with E-state index in [2.05, 4.69) is 15.5 Å². The van der Waals surface area contributed by atoms with Crippen LogP contribution in [0.15, 0.2) is 29.4 Å². The third-order valence-electron chi connectivity index (χ3n) is 4.76. The van der Waals surface area contributed by atoms with Gasteiger partial charge < -0.3 is 14.6 Å². The van der Waals surface area contributed by atoms with Crippen LogP contribution >= 0.6 is 11.8 Å². The lowest BCUT2D eigenvalue weighted by Gasteiger charge is -2.22. The van der Waals surface area contributed by atoms with Gasteiger partial charge in [-0.2, -0.15) is 13.2 Å². The first-order chi connectivity index (χ1) is 13.8. The van der Waals surface area contributed by atoms with E-state index in [1.54, 1.807) is 11.6 Å². The number of thioether (sulfide) groups is 1. The number of carbonyl (C=O) groups is 1. The van der Waals surface area contributed by atoms with Crippen molar-refractivity contribution in [1.82, 2.24) is 20.1 Å². The minimum absolute atomic E-state index is 0.0281. The smallest absolute Gasteiger partial charge is 0.416 e. The van der Waals surface area contributed by atoms with Gasteiger partial charge in [0.1, 0.15) is 12.4 Å². The fourth-order valence-corrected chi connectivity index (χ4v) is 3.89. The largest absolute Gasteiger partial charge is 0.486 e.